The fourth-order valence-corrected chi connectivity index (χ4v) is 3.59. The summed E-state index contributed by atoms with van der Waals surface area (Å²) in [5.74, 6) is 0.314. The second-order valence-corrected chi connectivity index (χ2v) is 7.79. The highest BCUT2D eigenvalue weighted by atomic mass is 16.5. The maximum absolute atomic E-state index is 12.4. The topological polar surface area (TPSA) is 70.7 Å². The van der Waals surface area contributed by atoms with Gasteiger partial charge in [0.25, 0.3) is 0 Å². The van der Waals surface area contributed by atoms with E-state index >= 15 is 0 Å². The number of ether oxygens (including phenoxy) is 1. The lowest BCUT2D eigenvalue weighted by molar-refractivity contribution is -0.125. The van der Waals surface area contributed by atoms with Crippen LogP contribution in [0.15, 0.2) is 24.3 Å². The third-order valence-corrected chi connectivity index (χ3v) is 5.57. The van der Waals surface area contributed by atoms with Crippen molar-refractivity contribution in [3.63, 3.8) is 0 Å². The van der Waals surface area contributed by atoms with Crippen LogP contribution >= 0.6 is 0 Å². The highest BCUT2D eigenvalue weighted by Crippen LogP contribution is 2.39. The minimum absolute atomic E-state index is 0.0269. The number of rotatable bonds is 8. The standard InChI is InChI=1S/C21H31N3O3/c1-15-8-11-24(12-9-15)17-6-4-16(5-7-17)23-21(26)19-14-18(19)20(25)22-10-3-13-27-2/h4-7,15,18-19H,3,8-14H2,1-2H3,(H,22,25)(H,23,26). The van der Waals surface area contributed by atoms with Crippen molar-refractivity contribution in [2.75, 3.05) is 43.6 Å². The molecule has 2 atom stereocenters. The Morgan fingerprint density at radius 1 is 1.11 bits per heavy atom. The molecule has 0 aromatic heterocycles. The summed E-state index contributed by atoms with van der Waals surface area (Å²) in [5.41, 5.74) is 2.00. The Kier molecular flexibility index (Phi) is 6.72. The summed E-state index contributed by atoms with van der Waals surface area (Å²) in [6.07, 6.45) is 3.88. The molecule has 6 heteroatoms. The third kappa shape index (κ3) is 5.45. The first-order chi connectivity index (χ1) is 13.1. The van der Waals surface area contributed by atoms with Gasteiger partial charge in [-0.05, 0) is 55.9 Å². The van der Waals surface area contributed by atoms with E-state index in [-0.39, 0.29) is 23.7 Å². The van der Waals surface area contributed by atoms with E-state index in [4.69, 9.17) is 4.74 Å². The van der Waals surface area contributed by atoms with E-state index in [0.717, 1.165) is 31.1 Å². The fraction of sp³-hybridized carbons (Fsp3) is 0.619. The van der Waals surface area contributed by atoms with Gasteiger partial charge in [-0.25, -0.2) is 0 Å². The van der Waals surface area contributed by atoms with Crippen molar-refractivity contribution in [2.45, 2.75) is 32.6 Å². The van der Waals surface area contributed by atoms with Crippen LogP contribution < -0.4 is 15.5 Å². The molecule has 2 fully saturated rings. The number of anilines is 2. The minimum Gasteiger partial charge on any atom is -0.385 e. The summed E-state index contributed by atoms with van der Waals surface area (Å²) in [5, 5.41) is 5.82. The number of nitrogens with zero attached hydrogens (tertiary/aromatic N) is 1. The van der Waals surface area contributed by atoms with Crippen molar-refractivity contribution in [1.29, 1.82) is 0 Å². The molecule has 2 aliphatic rings. The van der Waals surface area contributed by atoms with Crippen molar-refractivity contribution in [2.24, 2.45) is 17.8 Å². The number of nitrogens with one attached hydrogen (secondary N) is 2. The van der Waals surface area contributed by atoms with Crippen LogP contribution in [0.5, 0.6) is 0 Å². The second kappa shape index (κ2) is 9.22. The smallest absolute Gasteiger partial charge is 0.228 e. The summed E-state index contributed by atoms with van der Waals surface area (Å²) in [7, 11) is 1.64. The summed E-state index contributed by atoms with van der Waals surface area (Å²) in [4.78, 5) is 26.8. The van der Waals surface area contributed by atoms with E-state index in [9.17, 15) is 9.59 Å². The van der Waals surface area contributed by atoms with Crippen LogP contribution in [0, 0.1) is 17.8 Å². The van der Waals surface area contributed by atoms with E-state index < -0.39 is 0 Å². The molecule has 0 spiro atoms. The van der Waals surface area contributed by atoms with Gasteiger partial charge in [0.05, 0.1) is 11.8 Å². The summed E-state index contributed by atoms with van der Waals surface area (Å²) < 4.78 is 4.96. The lowest BCUT2D eigenvalue weighted by atomic mass is 9.99. The van der Waals surface area contributed by atoms with Crippen LogP contribution in [0.4, 0.5) is 11.4 Å². The van der Waals surface area contributed by atoms with Gasteiger partial charge in [-0.1, -0.05) is 6.92 Å². The predicted octanol–water partition coefficient (Wildman–Crippen LogP) is 2.65. The molecular weight excluding hydrogens is 342 g/mol. The number of amides is 2. The van der Waals surface area contributed by atoms with Gasteiger partial charge >= 0.3 is 0 Å². The molecule has 2 unspecified atom stereocenters. The van der Waals surface area contributed by atoms with Crippen LogP contribution in [0.3, 0.4) is 0 Å². The van der Waals surface area contributed by atoms with Gasteiger partial charge in [0.2, 0.25) is 11.8 Å². The fourth-order valence-electron chi connectivity index (χ4n) is 3.59. The van der Waals surface area contributed by atoms with Gasteiger partial charge in [-0.15, -0.1) is 0 Å². The summed E-state index contributed by atoms with van der Waals surface area (Å²) >= 11 is 0. The quantitative estimate of drug-likeness (QED) is 0.687. The van der Waals surface area contributed by atoms with E-state index in [1.165, 1.54) is 18.5 Å². The van der Waals surface area contributed by atoms with Crippen molar-refractivity contribution in [3.8, 4) is 0 Å². The van der Waals surface area contributed by atoms with Gasteiger partial charge in [0, 0.05) is 44.7 Å². The van der Waals surface area contributed by atoms with Crippen LogP contribution in [0.1, 0.15) is 32.6 Å². The number of methoxy groups -OCH3 is 1. The number of piperidine rings is 1. The molecule has 0 radical (unpaired) electrons. The van der Waals surface area contributed by atoms with E-state index in [0.29, 0.717) is 19.6 Å². The van der Waals surface area contributed by atoms with Crippen molar-refractivity contribution < 1.29 is 14.3 Å². The average molecular weight is 373 g/mol. The van der Waals surface area contributed by atoms with E-state index in [1.54, 1.807) is 7.11 Å². The minimum atomic E-state index is -0.212. The zero-order valence-corrected chi connectivity index (χ0v) is 16.4. The predicted molar refractivity (Wildman–Crippen MR) is 107 cm³/mol. The van der Waals surface area contributed by atoms with Gasteiger partial charge in [-0.3, -0.25) is 9.59 Å². The van der Waals surface area contributed by atoms with Crippen LogP contribution in [-0.4, -0.2) is 45.2 Å². The monoisotopic (exact) mass is 373 g/mol. The first kappa shape index (κ1) is 19.7. The second-order valence-electron chi connectivity index (χ2n) is 7.79. The first-order valence-electron chi connectivity index (χ1n) is 10.0. The Labute approximate surface area is 161 Å². The van der Waals surface area contributed by atoms with Crippen LogP contribution in [0.25, 0.3) is 0 Å². The molecule has 1 aromatic carbocycles. The zero-order chi connectivity index (χ0) is 19.2. The molecule has 1 aliphatic carbocycles. The average Bonchev–Trinajstić information content (AvgIpc) is 3.48. The normalized spacial score (nSPS) is 22.4. The molecule has 0 bridgehead atoms. The molecule has 1 saturated carbocycles. The van der Waals surface area contributed by atoms with Crippen LogP contribution in [-0.2, 0) is 14.3 Å². The van der Waals surface area contributed by atoms with Crippen molar-refractivity contribution >= 4 is 23.2 Å². The Bertz CT molecular complexity index is 639. The molecule has 27 heavy (non-hydrogen) atoms. The van der Waals surface area contributed by atoms with Crippen molar-refractivity contribution in [3.05, 3.63) is 24.3 Å². The highest BCUT2D eigenvalue weighted by molar-refractivity contribution is 5.99. The summed E-state index contributed by atoms with van der Waals surface area (Å²) in [6.45, 7) is 5.71. The Hall–Kier alpha value is -2.08. The third-order valence-electron chi connectivity index (χ3n) is 5.57. The molecular formula is C21H31N3O3. The molecule has 1 heterocycles. The molecule has 3 rings (SSSR count). The molecule has 148 valence electrons. The SMILES string of the molecule is COCCCNC(=O)C1CC1C(=O)Nc1ccc(N2CCC(C)CC2)cc1. The van der Waals surface area contributed by atoms with E-state index in [1.807, 2.05) is 12.1 Å². The van der Waals surface area contributed by atoms with Gasteiger partial charge < -0.3 is 20.3 Å². The maximum Gasteiger partial charge on any atom is 0.228 e. The first-order valence-corrected chi connectivity index (χ1v) is 10.0. The number of hydrogen-bond acceptors (Lipinski definition) is 4. The van der Waals surface area contributed by atoms with Gasteiger partial charge in [0.1, 0.15) is 0 Å². The molecule has 1 saturated heterocycles. The molecule has 1 aromatic rings. The molecule has 2 amide bonds. The number of hydrogen-bond donors (Lipinski definition) is 2. The van der Waals surface area contributed by atoms with Gasteiger partial charge in [-0.2, -0.15) is 0 Å². The highest BCUT2D eigenvalue weighted by Gasteiger charge is 2.47. The van der Waals surface area contributed by atoms with E-state index in [2.05, 4.69) is 34.6 Å². The Balaban J connectivity index is 1.43. The molecule has 2 N–H and O–H groups in total. The number of carbonyl (C=O) groups excluding carboxylic acids is 2. The zero-order valence-electron chi connectivity index (χ0n) is 16.4. The lowest BCUT2D eigenvalue weighted by Crippen LogP contribution is -2.32. The van der Waals surface area contributed by atoms with Crippen LogP contribution in [0.2, 0.25) is 0 Å². The number of benzene rings is 1. The van der Waals surface area contributed by atoms with Gasteiger partial charge in [0.15, 0.2) is 0 Å². The molecule has 6 nitrogen and oxygen atoms in total. The Morgan fingerprint density at radius 3 is 2.44 bits per heavy atom. The maximum atomic E-state index is 12.4. The number of carbonyl (C=O) groups is 2. The molecule has 1 aliphatic heterocycles. The lowest BCUT2D eigenvalue weighted by Gasteiger charge is -2.32. The largest absolute Gasteiger partial charge is 0.385 e. The summed E-state index contributed by atoms with van der Waals surface area (Å²) in [6, 6.07) is 8.04. The Morgan fingerprint density at radius 2 is 1.78 bits per heavy atom. The van der Waals surface area contributed by atoms with Crippen molar-refractivity contribution in [1.82, 2.24) is 5.32 Å².